The number of amides is 1. The van der Waals surface area contributed by atoms with E-state index in [0.29, 0.717) is 35.6 Å². The topological polar surface area (TPSA) is 29.1 Å². The molecule has 5 unspecified atom stereocenters. The highest BCUT2D eigenvalue weighted by Gasteiger charge is 2.43. The zero-order chi connectivity index (χ0) is 11.8. The van der Waals surface area contributed by atoms with Gasteiger partial charge < -0.3 is 5.32 Å². The van der Waals surface area contributed by atoms with E-state index in [9.17, 15) is 4.79 Å². The second-order valence-electron chi connectivity index (χ2n) is 6.24. The van der Waals surface area contributed by atoms with Crippen LogP contribution in [0.2, 0.25) is 0 Å². The number of nitrogens with one attached hydrogen (secondary N) is 1. The SMILES string of the molecule is O=C(NC1CCCC1CCl)C1CC2CCC1C2. The van der Waals surface area contributed by atoms with Crippen LogP contribution in [0.25, 0.3) is 0 Å². The summed E-state index contributed by atoms with van der Waals surface area (Å²) in [6.45, 7) is 0. The van der Waals surface area contributed by atoms with Gasteiger partial charge in [0.05, 0.1) is 0 Å². The molecule has 1 N–H and O–H groups in total. The first-order valence-corrected chi connectivity index (χ1v) is 7.67. The summed E-state index contributed by atoms with van der Waals surface area (Å²) in [4.78, 5) is 12.3. The van der Waals surface area contributed by atoms with Crippen molar-refractivity contribution in [1.29, 1.82) is 0 Å². The van der Waals surface area contributed by atoms with Crippen molar-refractivity contribution in [1.82, 2.24) is 5.32 Å². The minimum absolute atomic E-state index is 0.324. The number of hydrogen-bond acceptors (Lipinski definition) is 1. The number of halogens is 1. The molecule has 2 bridgehead atoms. The number of rotatable bonds is 3. The Morgan fingerprint density at radius 2 is 2.06 bits per heavy atom. The van der Waals surface area contributed by atoms with E-state index in [-0.39, 0.29) is 0 Å². The molecular weight excluding hydrogens is 234 g/mol. The standard InChI is InChI=1S/C14H22ClNO/c15-8-11-2-1-3-13(11)16-14(17)12-7-9-4-5-10(12)6-9/h9-13H,1-8H2,(H,16,17). The molecule has 0 aromatic carbocycles. The summed E-state index contributed by atoms with van der Waals surface area (Å²) in [5.74, 6) is 3.41. The highest BCUT2D eigenvalue weighted by Crippen LogP contribution is 2.48. The summed E-state index contributed by atoms with van der Waals surface area (Å²) in [6, 6.07) is 0.360. The molecule has 0 saturated heterocycles. The summed E-state index contributed by atoms with van der Waals surface area (Å²) < 4.78 is 0. The van der Waals surface area contributed by atoms with Gasteiger partial charge in [-0.2, -0.15) is 0 Å². The molecule has 0 aromatic heterocycles. The molecule has 0 heterocycles. The van der Waals surface area contributed by atoms with Crippen LogP contribution in [-0.4, -0.2) is 17.8 Å². The smallest absolute Gasteiger partial charge is 0.223 e. The van der Waals surface area contributed by atoms with Gasteiger partial charge in [-0.3, -0.25) is 4.79 Å². The summed E-state index contributed by atoms with van der Waals surface area (Å²) in [7, 11) is 0. The molecule has 0 aliphatic heterocycles. The minimum Gasteiger partial charge on any atom is -0.353 e. The monoisotopic (exact) mass is 255 g/mol. The maximum atomic E-state index is 12.3. The van der Waals surface area contributed by atoms with Crippen LogP contribution < -0.4 is 5.32 Å². The van der Waals surface area contributed by atoms with Crippen molar-refractivity contribution in [2.75, 3.05) is 5.88 Å². The predicted molar refractivity (Wildman–Crippen MR) is 68.9 cm³/mol. The molecule has 17 heavy (non-hydrogen) atoms. The molecule has 3 rings (SSSR count). The van der Waals surface area contributed by atoms with E-state index >= 15 is 0 Å². The van der Waals surface area contributed by atoms with Gasteiger partial charge in [-0.05, 0) is 49.9 Å². The molecule has 5 atom stereocenters. The minimum atomic E-state index is 0.324. The van der Waals surface area contributed by atoms with Crippen LogP contribution in [0.4, 0.5) is 0 Å². The molecule has 3 heteroatoms. The molecule has 0 radical (unpaired) electrons. The lowest BCUT2D eigenvalue weighted by molar-refractivity contribution is -0.127. The van der Waals surface area contributed by atoms with Crippen LogP contribution >= 0.6 is 11.6 Å². The van der Waals surface area contributed by atoms with Gasteiger partial charge in [-0.15, -0.1) is 11.6 Å². The van der Waals surface area contributed by atoms with Gasteiger partial charge in [0.25, 0.3) is 0 Å². The second kappa shape index (κ2) is 4.79. The number of alkyl halides is 1. The summed E-state index contributed by atoms with van der Waals surface area (Å²) >= 11 is 5.96. The number of carbonyl (C=O) groups excluding carboxylic acids is 1. The summed E-state index contributed by atoms with van der Waals surface area (Å²) in [5, 5.41) is 3.28. The van der Waals surface area contributed by atoms with Gasteiger partial charge >= 0.3 is 0 Å². The van der Waals surface area contributed by atoms with E-state index in [0.717, 1.165) is 18.8 Å². The lowest BCUT2D eigenvalue weighted by Crippen LogP contribution is -2.42. The van der Waals surface area contributed by atoms with Crippen LogP contribution in [0, 0.1) is 23.7 Å². The molecule has 2 nitrogen and oxygen atoms in total. The van der Waals surface area contributed by atoms with Gasteiger partial charge in [-0.1, -0.05) is 12.8 Å². The Hall–Kier alpha value is -0.240. The van der Waals surface area contributed by atoms with E-state index in [2.05, 4.69) is 5.32 Å². The average molecular weight is 256 g/mol. The third kappa shape index (κ3) is 2.21. The molecule has 0 aromatic rings. The summed E-state index contributed by atoms with van der Waals surface area (Å²) in [5.41, 5.74) is 0. The maximum absolute atomic E-state index is 12.3. The van der Waals surface area contributed by atoms with Crippen LogP contribution in [0.1, 0.15) is 44.9 Å². The van der Waals surface area contributed by atoms with Gasteiger partial charge in [0, 0.05) is 17.8 Å². The molecular formula is C14H22ClNO. The Labute approximate surface area is 108 Å². The average Bonchev–Trinajstić information content (AvgIpc) is 3.03. The van der Waals surface area contributed by atoms with Gasteiger partial charge in [0.2, 0.25) is 5.91 Å². The lowest BCUT2D eigenvalue weighted by Gasteiger charge is -2.25. The van der Waals surface area contributed by atoms with Crippen LogP contribution in [0.15, 0.2) is 0 Å². The number of carbonyl (C=O) groups is 1. The van der Waals surface area contributed by atoms with Crippen molar-refractivity contribution in [2.45, 2.75) is 51.0 Å². The largest absolute Gasteiger partial charge is 0.353 e. The molecule has 3 aliphatic carbocycles. The van der Waals surface area contributed by atoms with Crippen molar-refractivity contribution in [3.63, 3.8) is 0 Å². The van der Waals surface area contributed by atoms with Gasteiger partial charge in [0.15, 0.2) is 0 Å². The molecule has 96 valence electrons. The fraction of sp³-hybridized carbons (Fsp3) is 0.929. The van der Waals surface area contributed by atoms with E-state index in [1.54, 1.807) is 0 Å². The zero-order valence-corrected chi connectivity index (χ0v) is 11.1. The zero-order valence-electron chi connectivity index (χ0n) is 10.3. The first kappa shape index (κ1) is 11.8. The van der Waals surface area contributed by atoms with E-state index < -0.39 is 0 Å². The number of fused-ring (bicyclic) bond motifs is 2. The quantitative estimate of drug-likeness (QED) is 0.772. The third-order valence-electron chi connectivity index (χ3n) is 5.26. The van der Waals surface area contributed by atoms with E-state index in [1.807, 2.05) is 0 Å². The molecule has 3 fully saturated rings. The van der Waals surface area contributed by atoms with Crippen molar-refractivity contribution in [3.05, 3.63) is 0 Å². The normalized spacial score (nSPS) is 44.2. The van der Waals surface area contributed by atoms with Crippen LogP contribution in [-0.2, 0) is 4.79 Å². The Balaban J connectivity index is 1.56. The second-order valence-corrected chi connectivity index (χ2v) is 6.55. The van der Waals surface area contributed by atoms with Crippen molar-refractivity contribution < 1.29 is 4.79 Å². The van der Waals surface area contributed by atoms with Gasteiger partial charge in [0.1, 0.15) is 0 Å². The lowest BCUT2D eigenvalue weighted by atomic mass is 9.88. The highest BCUT2D eigenvalue weighted by molar-refractivity contribution is 6.18. The van der Waals surface area contributed by atoms with Gasteiger partial charge in [-0.25, -0.2) is 0 Å². The Morgan fingerprint density at radius 1 is 1.18 bits per heavy atom. The van der Waals surface area contributed by atoms with Crippen molar-refractivity contribution in [2.24, 2.45) is 23.7 Å². The molecule has 3 aliphatic rings. The third-order valence-corrected chi connectivity index (χ3v) is 5.66. The fourth-order valence-electron chi connectivity index (χ4n) is 4.27. The summed E-state index contributed by atoms with van der Waals surface area (Å²) in [6.07, 6.45) is 8.64. The first-order chi connectivity index (χ1) is 8.28. The van der Waals surface area contributed by atoms with Crippen molar-refractivity contribution >= 4 is 17.5 Å². The van der Waals surface area contributed by atoms with Crippen LogP contribution in [0.5, 0.6) is 0 Å². The molecule has 1 amide bonds. The Bertz CT molecular complexity index is 307. The highest BCUT2D eigenvalue weighted by atomic mass is 35.5. The Kier molecular flexibility index (Phi) is 3.34. The maximum Gasteiger partial charge on any atom is 0.223 e. The number of hydrogen-bond donors (Lipinski definition) is 1. The fourth-order valence-corrected chi connectivity index (χ4v) is 4.64. The van der Waals surface area contributed by atoms with E-state index in [1.165, 1.54) is 32.1 Å². The predicted octanol–water partition coefficient (Wildman–Crippen LogP) is 2.95. The van der Waals surface area contributed by atoms with Crippen LogP contribution in [0.3, 0.4) is 0 Å². The first-order valence-electron chi connectivity index (χ1n) is 7.14. The molecule has 3 saturated carbocycles. The van der Waals surface area contributed by atoms with Crippen molar-refractivity contribution in [3.8, 4) is 0 Å². The Morgan fingerprint density at radius 3 is 2.71 bits per heavy atom. The molecule has 0 spiro atoms. The van der Waals surface area contributed by atoms with E-state index in [4.69, 9.17) is 11.6 Å².